The Morgan fingerprint density at radius 1 is 0.655 bits per heavy atom. The van der Waals surface area contributed by atoms with Crippen LogP contribution in [0.4, 0.5) is 0 Å². The highest BCUT2D eigenvalue weighted by atomic mass is 16.4. The Balaban J connectivity index is 1.92. The van der Waals surface area contributed by atoms with E-state index in [1.807, 2.05) is 24.3 Å². The van der Waals surface area contributed by atoms with E-state index in [0.717, 1.165) is 16.5 Å². The van der Waals surface area contributed by atoms with Gasteiger partial charge in [-0.05, 0) is 49.5 Å². The van der Waals surface area contributed by atoms with Crippen molar-refractivity contribution < 1.29 is 10.0 Å². The molecule has 2 N–H and O–H groups in total. The van der Waals surface area contributed by atoms with Crippen LogP contribution in [0.2, 0.25) is 0 Å². The minimum absolute atomic E-state index is 0.119. The van der Waals surface area contributed by atoms with Crippen molar-refractivity contribution in [2.24, 2.45) is 0 Å². The van der Waals surface area contributed by atoms with Gasteiger partial charge in [-0.1, -0.05) is 106 Å². The van der Waals surface area contributed by atoms with Gasteiger partial charge in [-0.2, -0.15) is 0 Å². The summed E-state index contributed by atoms with van der Waals surface area (Å²) in [5.74, 6) is 0. The summed E-state index contributed by atoms with van der Waals surface area (Å²) in [6.45, 7) is 6.67. The molecule has 0 heterocycles. The smallest absolute Gasteiger partial charge is 0.423 e. The van der Waals surface area contributed by atoms with Gasteiger partial charge in [0, 0.05) is 0 Å². The molecule has 144 valence electrons. The molecule has 0 unspecified atom stereocenters. The SMILES string of the molecule is CC(C)(C)c1ccc(-c2cccc3cccc(-c4cccc(B(O)O)c4)c23)cc1. The summed E-state index contributed by atoms with van der Waals surface area (Å²) in [5, 5.41) is 21.5. The molecule has 0 atom stereocenters. The van der Waals surface area contributed by atoms with E-state index < -0.39 is 7.12 Å². The molecule has 4 rings (SSSR count). The van der Waals surface area contributed by atoms with E-state index in [0.29, 0.717) is 5.46 Å². The third-order valence-corrected chi connectivity index (χ3v) is 5.46. The van der Waals surface area contributed by atoms with Crippen LogP contribution in [0, 0.1) is 0 Å². The molecule has 0 aliphatic carbocycles. The zero-order valence-electron chi connectivity index (χ0n) is 17.1. The van der Waals surface area contributed by atoms with Crippen LogP contribution < -0.4 is 5.46 Å². The first-order valence-corrected chi connectivity index (χ1v) is 9.94. The maximum absolute atomic E-state index is 9.59. The third-order valence-electron chi connectivity index (χ3n) is 5.46. The van der Waals surface area contributed by atoms with Crippen molar-refractivity contribution in [3.05, 3.63) is 90.5 Å². The van der Waals surface area contributed by atoms with Crippen molar-refractivity contribution in [3.63, 3.8) is 0 Å². The molecule has 4 aromatic carbocycles. The van der Waals surface area contributed by atoms with E-state index in [9.17, 15) is 10.0 Å². The monoisotopic (exact) mass is 380 g/mol. The average molecular weight is 380 g/mol. The van der Waals surface area contributed by atoms with E-state index in [4.69, 9.17) is 0 Å². The van der Waals surface area contributed by atoms with Gasteiger partial charge < -0.3 is 10.0 Å². The second-order valence-corrected chi connectivity index (χ2v) is 8.54. The summed E-state index contributed by atoms with van der Waals surface area (Å²) in [6, 6.07) is 28.9. The van der Waals surface area contributed by atoms with Crippen LogP contribution in [-0.2, 0) is 5.41 Å². The molecule has 29 heavy (non-hydrogen) atoms. The van der Waals surface area contributed by atoms with Crippen LogP contribution >= 0.6 is 0 Å². The summed E-state index contributed by atoms with van der Waals surface area (Å²) >= 11 is 0. The normalized spacial score (nSPS) is 11.6. The lowest BCUT2D eigenvalue weighted by molar-refractivity contribution is 0.426. The van der Waals surface area contributed by atoms with Gasteiger partial charge in [0.1, 0.15) is 0 Å². The minimum atomic E-state index is -1.48. The third kappa shape index (κ3) is 3.84. The van der Waals surface area contributed by atoms with Crippen LogP contribution in [0.1, 0.15) is 26.3 Å². The first-order chi connectivity index (χ1) is 13.8. The van der Waals surface area contributed by atoms with Gasteiger partial charge in [0.15, 0.2) is 0 Å². The van der Waals surface area contributed by atoms with E-state index in [2.05, 4.69) is 75.4 Å². The molecular weight excluding hydrogens is 355 g/mol. The van der Waals surface area contributed by atoms with E-state index in [1.54, 1.807) is 6.07 Å². The van der Waals surface area contributed by atoms with Crippen LogP contribution in [0.5, 0.6) is 0 Å². The second kappa shape index (κ2) is 7.51. The molecule has 0 spiro atoms. The lowest BCUT2D eigenvalue weighted by Gasteiger charge is -2.19. The Hall–Kier alpha value is -2.88. The standard InChI is InChI=1S/C26H25BO2/c1-26(2,3)21-15-13-18(14-16-21)23-11-5-7-19-8-6-12-24(25(19)23)20-9-4-10-22(17-20)27(28)29/h4-17,28-29H,1-3H3. The minimum Gasteiger partial charge on any atom is -0.423 e. The van der Waals surface area contributed by atoms with Crippen molar-refractivity contribution in [2.45, 2.75) is 26.2 Å². The van der Waals surface area contributed by atoms with Crippen LogP contribution in [0.15, 0.2) is 84.9 Å². The van der Waals surface area contributed by atoms with Crippen molar-refractivity contribution in [1.29, 1.82) is 0 Å². The number of hydrogen-bond acceptors (Lipinski definition) is 2. The lowest BCUT2D eigenvalue weighted by atomic mass is 9.78. The van der Waals surface area contributed by atoms with Gasteiger partial charge in [-0.3, -0.25) is 0 Å². The quantitative estimate of drug-likeness (QED) is 0.483. The van der Waals surface area contributed by atoms with E-state index in [-0.39, 0.29) is 5.41 Å². The fraction of sp³-hybridized carbons (Fsp3) is 0.154. The van der Waals surface area contributed by atoms with Crippen molar-refractivity contribution in [1.82, 2.24) is 0 Å². The number of rotatable bonds is 3. The Bertz CT molecular complexity index is 1150. The van der Waals surface area contributed by atoms with Crippen LogP contribution in [0.25, 0.3) is 33.0 Å². The summed E-state index contributed by atoms with van der Waals surface area (Å²) in [5.41, 5.74) is 6.33. The summed E-state index contributed by atoms with van der Waals surface area (Å²) in [4.78, 5) is 0. The number of benzene rings is 4. The molecule has 0 radical (unpaired) electrons. The van der Waals surface area contributed by atoms with Crippen LogP contribution in [-0.4, -0.2) is 17.2 Å². The Labute approximate surface area is 172 Å². The molecule has 3 heteroatoms. The molecule has 0 saturated heterocycles. The molecule has 0 saturated carbocycles. The van der Waals surface area contributed by atoms with Gasteiger partial charge in [-0.15, -0.1) is 0 Å². The van der Waals surface area contributed by atoms with Gasteiger partial charge >= 0.3 is 7.12 Å². The molecule has 4 aromatic rings. The summed E-state index contributed by atoms with van der Waals surface area (Å²) < 4.78 is 0. The zero-order valence-corrected chi connectivity index (χ0v) is 17.1. The van der Waals surface area contributed by atoms with Gasteiger partial charge in [0.2, 0.25) is 0 Å². The first kappa shape index (κ1) is 19.4. The fourth-order valence-corrected chi connectivity index (χ4v) is 3.84. The first-order valence-electron chi connectivity index (χ1n) is 9.94. The Morgan fingerprint density at radius 3 is 1.83 bits per heavy atom. The summed E-state index contributed by atoms with van der Waals surface area (Å²) in [7, 11) is -1.48. The lowest BCUT2D eigenvalue weighted by Crippen LogP contribution is -2.29. The van der Waals surface area contributed by atoms with E-state index in [1.165, 1.54) is 22.1 Å². The molecule has 2 nitrogen and oxygen atoms in total. The van der Waals surface area contributed by atoms with Gasteiger partial charge in [0.25, 0.3) is 0 Å². The van der Waals surface area contributed by atoms with Crippen molar-refractivity contribution >= 4 is 23.4 Å². The van der Waals surface area contributed by atoms with Gasteiger partial charge in [-0.25, -0.2) is 0 Å². The molecule has 0 fully saturated rings. The van der Waals surface area contributed by atoms with Crippen LogP contribution in [0.3, 0.4) is 0 Å². The van der Waals surface area contributed by atoms with Gasteiger partial charge in [0.05, 0.1) is 0 Å². The van der Waals surface area contributed by atoms with E-state index >= 15 is 0 Å². The molecular formula is C26H25BO2. The summed E-state index contributed by atoms with van der Waals surface area (Å²) in [6.07, 6.45) is 0. The average Bonchev–Trinajstić information content (AvgIpc) is 2.72. The highest BCUT2D eigenvalue weighted by molar-refractivity contribution is 6.58. The zero-order chi connectivity index (χ0) is 20.6. The molecule has 0 aromatic heterocycles. The highest BCUT2D eigenvalue weighted by Gasteiger charge is 2.16. The second-order valence-electron chi connectivity index (χ2n) is 8.54. The fourth-order valence-electron chi connectivity index (χ4n) is 3.84. The van der Waals surface area contributed by atoms with Crippen molar-refractivity contribution in [3.8, 4) is 22.3 Å². The maximum atomic E-state index is 9.59. The molecule has 0 aliphatic rings. The predicted octanol–water partition coefficient (Wildman–Crippen LogP) is 5.15. The largest absolute Gasteiger partial charge is 0.488 e. The predicted molar refractivity (Wildman–Crippen MR) is 123 cm³/mol. The highest BCUT2D eigenvalue weighted by Crippen LogP contribution is 2.37. The Kier molecular flexibility index (Phi) is 5.04. The Morgan fingerprint density at radius 2 is 1.24 bits per heavy atom. The molecule has 0 bridgehead atoms. The number of hydrogen-bond donors (Lipinski definition) is 2. The maximum Gasteiger partial charge on any atom is 0.488 e. The van der Waals surface area contributed by atoms with Crippen molar-refractivity contribution in [2.75, 3.05) is 0 Å². The number of fused-ring (bicyclic) bond motifs is 1. The topological polar surface area (TPSA) is 40.5 Å². The molecule has 0 aliphatic heterocycles. The molecule has 0 amide bonds.